The molecule has 0 aliphatic heterocycles. The standard InChI is InChI=1S/C5H12O10S2/c6-1-5(2-7,3-8)4-14-17(12,13)15-16(9,10)11/h6-8H,1-4H2,(H,9,10,11). The summed E-state index contributed by atoms with van der Waals surface area (Å²) in [7, 11) is -10.3. The van der Waals surface area contributed by atoms with Gasteiger partial charge in [-0.1, -0.05) is 0 Å². The highest BCUT2D eigenvalue weighted by molar-refractivity contribution is 7.94. The summed E-state index contributed by atoms with van der Waals surface area (Å²) in [6, 6.07) is 0. The van der Waals surface area contributed by atoms with Crippen molar-refractivity contribution in [2.45, 2.75) is 0 Å². The number of aliphatic hydroxyl groups is 3. The zero-order chi connectivity index (χ0) is 13.7. The molecule has 17 heavy (non-hydrogen) atoms. The van der Waals surface area contributed by atoms with E-state index in [0.717, 1.165) is 0 Å². The lowest BCUT2D eigenvalue weighted by Gasteiger charge is -2.25. The monoisotopic (exact) mass is 296 g/mol. The Labute approximate surface area is 97.7 Å². The molecular weight excluding hydrogens is 284 g/mol. The Hall–Kier alpha value is -0.340. The fourth-order valence-corrected chi connectivity index (χ4v) is 2.00. The maximum absolute atomic E-state index is 10.8. The van der Waals surface area contributed by atoms with Crippen molar-refractivity contribution >= 4 is 20.8 Å². The lowest BCUT2D eigenvalue weighted by molar-refractivity contribution is -0.0261. The van der Waals surface area contributed by atoms with E-state index in [1.165, 1.54) is 0 Å². The summed E-state index contributed by atoms with van der Waals surface area (Å²) < 4.78 is 57.1. The van der Waals surface area contributed by atoms with E-state index < -0.39 is 52.6 Å². The van der Waals surface area contributed by atoms with Gasteiger partial charge in [-0.3, -0.25) is 4.55 Å². The molecule has 0 aromatic carbocycles. The molecule has 104 valence electrons. The van der Waals surface area contributed by atoms with Gasteiger partial charge in [0.15, 0.2) is 0 Å². The van der Waals surface area contributed by atoms with Gasteiger partial charge in [0.25, 0.3) is 0 Å². The van der Waals surface area contributed by atoms with Crippen LogP contribution in [0.2, 0.25) is 0 Å². The molecule has 10 nitrogen and oxygen atoms in total. The average molecular weight is 296 g/mol. The second-order valence-corrected chi connectivity index (χ2v) is 5.59. The van der Waals surface area contributed by atoms with Crippen molar-refractivity contribution in [3.63, 3.8) is 0 Å². The van der Waals surface area contributed by atoms with Gasteiger partial charge < -0.3 is 15.3 Å². The Balaban J connectivity index is 4.66. The van der Waals surface area contributed by atoms with Crippen LogP contribution in [0.15, 0.2) is 0 Å². The highest BCUT2D eigenvalue weighted by atomic mass is 32.3. The predicted octanol–water partition coefficient (Wildman–Crippen LogP) is -2.97. The van der Waals surface area contributed by atoms with Crippen LogP contribution in [-0.4, -0.2) is 63.1 Å². The minimum absolute atomic E-state index is 0.818. The van der Waals surface area contributed by atoms with Crippen LogP contribution in [0.25, 0.3) is 0 Å². The molecule has 0 unspecified atom stereocenters. The Kier molecular flexibility index (Phi) is 5.89. The normalized spacial score (nSPS) is 13.9. The van der Waals surface area contributed by atoms with Crippen LogP contribution >= 0.6 is 0 Å². The molecule has 4 N–H and O–H groups in total. The van der Waals surface area contributed by atoms with Crippen molar-refractivity contribution < 1.29 is 44.5 Å². The molecule has 0 saturated heterocycles. The summed E-state index contributed by atoms with van der Waals surface area (Å²) in [4.78, 5) is 0. The van der Waals surface area contributed by atoms with Crippen LogP contribution in [-0.2, 0) is 28.6 Å². The lowest BCUT2D eigenvalue weighted by atomic mass is 9.93. The molecule has 0 bridgehead atoms. The minimum atomic E-state index is -5.27. The Bertz CT molecular complexity index is 409. The SMILES string of the molecule is O=S(=O)(O)OS(=O)(=O)OCC(CO)(CO)CO. The van der Waals surface area contributed by atoms with Gasteiger partial charge in [-0.2, -0.15) is 16.8 Å². The minimum Gasteiger partial charge on any atom is -0.396 e. The van der Waals surface area contributed by atoms with Crippen LogP contribution < -0.4 is 0 Å². The van der Waals surface area contributed by atoms with E-state index in [9.17, 15) is 16.8 Å². The zero-order valence-corrected chi connectivity index (χ0v) is 10.0. The van der Waals surface area contributed by atoms with Gasteiger partial charge in [0.05, 0.1) is 31.8 Å². The van der Waals surface area contributed by atoms with Crippen molar-refractivity contribution in [1.29, 1.82) is 0 Å². The summed E-state index contributed by atoms with van der Waals surface area (Å²) in [6.07, 6.45) is 0. The fraction of sp³-hybridized carbons (Fsp3) is 1.00. The largest absolute Gasteiger partial charge is 0.416 e. The van der Waals surface area contributed by atoms with Crippen LogP contribution in [0.3, 0.4) is 0 Å². The first-order valence-corrected chi connectivity index (χ1v) is 6.70. The van der Waals surface area contributed by atoms with Gasteiger partial charge in [0.1, 0.15) is 0 Å². The predicted molar refractivity (Wildman–Crippen MR) is 51.2 cm³/mol. The van der Waals surface area contributed by atoms with E-state index in [1.54, 1.807) is 0 Å². The van der Waals surface area contributed by atoms with E-state index in [1.807, 2.05) is 0 Å². The van der Waals surface area contributed by atoms with Crippen LogP contribution in [0.1, 0.15) is 0 Å². The molecule has 0 aromatic rings. The van der Waals surface area contributed by atoms with E-state index in [2.05, 4.69) is 7.81 Å². The molecule has 0 heterocycles. The molecule has 12 heteroatoms. The molecule has 0 rings (SSSR count). The van der Waals surface area contributed by atoms with Crippen LogP contribution in [0, 0.1) is 5.41 Å². The molecule has 0 fully saturated rings. The van der Waals surface area contributed by atoms with E-state index in [4.69, 9.17) is 19.9 Å². The Morgan fingerprint density at radius 2 is 1.35 bits per heavy atom. The van der Waals surface area contributed by atoms with E-state index >= 15 is 0 Å². The first-order valence-electron chi connectivity index (χ1n) is 4.00. The van der Waals surface area contributed by atoms with Gasteiger partial charge in [-0.25, -0.2) is 4.18 Å². The number of hydrogen-bond donors (Lipinski definition) is 4. The summed E-state index contributed by atoms with van der Waals surface area (Å²) in [5.74, 6) is 0. The van der Waals surface area contributed by atoms with Gasteiger partial charge in [0, 0.05) is 0 Å². The van der Waals surface area contributed by atoms with Crippen molar-refractivity contribution in [2.24, 2.45) is 5.41 Å². The maximum atomic E-state index is 10.8. The molecule has 0 aromatic heterocycles. The van der Waals surface area contributed by atoms with Gasteiger partial charge in [-0.15, -0.1) is 3.63 Å². The van der Waals surface area contributed by atoms with E-state index in [0.29, 0.717) is 0 Å². The molecule has 0 spiro atoms. The summed E-state index contributed by atoms with van der Waals surface area (Å²) >= 11 is 0. The Morgan fingerprint density at radius 1 is 0.941 bits per heavy atom. The second kappa shape index (κ2) is 6.01. The third kappa shape index (κ3) is 6.23. The first-order chi connectivity index (χ1) is 7.60. The quantitative estimate of drug-likeness (QED) is 0.339. The van der Waals surface area contributed by atoms with Gasteiger partial charge in [0.2, 0.25) is 0 Å². The second-order valence-electron chi connectivity index (χ2n) is 3.14. The highest BCUT2D eigenvalue weighted by Crippen LogP contribution is 2.17. The molecule has 0 saturated carbocycles. The molecule has 0 amide bonds. The van der Waals surface area contributed by atoms with Crippen molar-refractivity contribution in [3.05, 3.63) is 0 Å². The Morgan fingerprint density at radius 3 is 1.65 bits per heavy atom. The van der Waals surface area contributed by atoms with Crippen molar-refractivity contribution in [2.75, 3.05) is 26.4 Å². The number of hydrogen-bond acceptors (Lipinski definition) is 9. The average Bonchev–Trinajstić information content (AvgIpc) is 2.17. The van der Waals surface area contributed by atoms with Gasteiger partial charge in [-0.05, 0) is 0 Å². The molecule has 0 aliphatic carbocycles. The molecular formula is C5H12O10S2. The first kappa shape index (κ1) is 16.7. The molecule has 0 aliphatic rings. The lowest BCUT2D eigenvalue weighted by Crippen LogP contribution is -2.39. The summed E-state index contributed by atoms with van der Waals surface area (Å²) in [5, 5.41) is 26.4. The summed E-state index contributed by atoms with van der Waals surface area (Å²) in [5.41, 5.74) is -1.68. The maximum Gasteiger partial charge on any atom is 0.416 e. The van der Waals surface area contributed by atoms with Crippen molar-refractivity contribution in [1.82, 2.24) is 0 Å². The van der Waals surface area contributed by atoms with Crippen molar-refractivity contribution in [3.8, 4) is 0 Å². The molecule has 0 radical (unpaired) electrons. The number of rotatable bonds is 8. The van der Waals surface area contributed by atoms with Crippen LogP contribution in [0.5, 0.6) is 0 Å². The third-order valence-corrected chi connectivity index (χ3v) is 3.45. The third-order valence-electron chi connectivity index (χ3n) is 1.68. The summed E-state index contributed by atoms with van der Waals surface area (Å²) in [6.45, 7) is -3.39. The smallest absolute Gasteiger partial charge is 0.396 e. The highest BCUT2D eigenvalue weighted by Gasteiger charge is 2.32. The fourth-order valence-electron chi connectivity index (χ4n) is 0.609. The topological polar surface area (TPSA) is 168 Å². The van der Waals surface area contributed by atoms with Gasteiger partial charge >= 0.3 is 20.8 Å². The van der Waals surface area contributed by atoms with Crippen LogP contribution in [0.4, 0.5) is 0 Å². The number of aliphatic hydroxyl groups excluding tert-OH is 3. The zero-order valence-electron chi connectivity index (χ0n) is 8.38. The molecule has 0 atom stereocenters. The van der Waals surface area contributed by atoms with E-state index in [-0.39, 0.29) is 0 Å².